The van der Waals surface area contributed by atoms with Crippen LogP contribution in [0.2, 0.25) is 5.02 Å². The molecule has 1 nitrogen and oxygen atoms in total. The summed E-state index contributed by atoms with van der Waals surface area (Å²) in [5.41, 5.74) is 0.777. The van der Waals surface area contributed by atoms with Gasteiger partial charge in [-0.1, -0.05) is 17.7 Å². The van der Waals surface area contributed by atoms with Gasteiger partial charge in [0.25, 0.3) is 0 Å². The molecule has 0 aliphatic rings. The number of benzene rings is 1. The standard InChI is InChI=1S/C8H6ClF3O/c1-5-2-3-7(6(9)4-5)13-8(10,11)12/h2-4H,1H3. The number of hydrogen-bond donors (Lipinski definition) is 0. The van der Waals surface area contributed by atoms with Crippen LogP contribution in [0.25, 0.3) is 0 Å². The van der Waals surface area contributed by atoms with E-state index in [1.807, 2.05) is 0 Å². The van der Waals surface area contributed by atoms with Gasteiger partial charge in [0.2, 0.25) is 0 Å². The summed E-state index contributed by atoms with van der Waals surface area (Å²) < 4.78 is 38.9. The van der Waals surface area contributed by atoms with Gasteiger partial charge in [0.15, 0.2) is 0 Å². The minimum atomic E-state index is -4.70. The van der Waals surface area contributed by atoms with E-state index in [-0.39, 0.29) is 10.8 Å². The molecule has 72 valence electrons. The molecule has 0 fully saturated rings. The van der Waals surface area contributed by atoms with Crippen LogP contribution in [0.1, 0.15) is 5.56 Å². The van der Waals surface area contributed by atoms with Gasteiger partial charge in [-0.15, -0.1) is 13.2 Å². The van der Waals surface area contributed by atoms with Crippen molar-refractivity contribution in [2.75, 3.05) is 0 Å². The highest BCUT2D eigenvalue weighted by Gasteiger charge is 2.31. The van der Waals surface area contributed by atoms with Gasteiger partial charge >= 0.3 is 6.36 Å². The predicted molar refractivity (Wildman–Crippen MR) is 42.9 cm³/mol. The Balaban J connectivity index is 2.90. The average Bonchev–Trinajstić information content (AvgIpc) is 1.93. The Morgan fingerprint density at radius 3 is 2.38 bits per heavy atom. The second kappa shape index (κ2) is 3.46. The molecular weight excluding hydrogens is 205 g/mol. The monoisotopic (exact) mass is 210 g/mol. The smallest absolute Gasteiger partial charge is 0.404 e. The minimum absolute atomic E-state index is 0.0441. The van der Waals surface area contributed by atoms with Crippen LogP contribution in [0.4, 0.5) is 13.2 Å². The van der Waals surface area contributed by atoms with E-state index < -0.39 is 6.36 Å². The van der Waals surface area contributed by atoms with Gasteiger partial charge in [-0.2, -0.15) is 0 Å². The summed E-state index contributed by atoms with van der Waals surface area (Å²) in [5.74, 6) is -0.375. The number of hydrogen-bond acceptors (Lipinski definition) is 1. The fourth-order valence-electron chi connectivity index (χ4n) is 0.813. The highest BCUT2D eigenvalue weighted by atomic mass is 35.5. The lowest BCUT2D eigenvalue weighted by Crippen LogP contribution is -2.17. The fraction of sp³-hybridized carbons (Fsp3) is 0.250. The molecule has 0 unspecified atom stereocenters. The second-order valence-corrected chi connectivity index (χ2v) is 2.89. The van der Waals surface area contributed by atoms with Crippen molar-refractivity contribution >= 4 is 11.6 Å². The van der Waals surface area contributed by atoms with E-state index in [0.29, 0.717) is 0 Å². The van der Waals surface area contributed by atoms with Crippen molar-refractivity contribution < 1.29 is 17.9 Å². The number of ether oxygens (including phenoxy) is 1. The number of aryl methyl sites for hydroxylation is 1. The van der Waals surface area contributed by atoms with Crippen molar-refractivity contribution in [1.82, 2.24) is 0 Å². The number of rotatable bonds is 1. The lowest BCUT2D eigenvalue weighted by atomic mass is 10.2. The summed E-state index contributed by atoms with van der Waals surface area (Å²) in [6.45, 7) is 1.73. The first-order valence-corrected chi connectivity index (χ1v) is 3.78. The molecule has 0 aromatic heterocycles. The quantitative estimate of drug-likeness (QED) is 0.689. The van der Waals surface area contributed by atoms with Crippen LogP contribution in [-0.4, -0.2) is 6.36 Å². The molecule has 0 spiro atoms. The van der Waals surface area contributed by atoms with E-state index in [1.165, 1.54) is 18.2 Å². The van der Waals surface area contributed by atoms with Gasteiger partial charge in [0.05, 0.1) is 5.02 Å². The zero-order valence-corrected chi connectivity index (χ0v) is 7.41. The maximum absolute atomic E-state index is 11.7. The van der Waals surface area contributed by atoms with Crippen molar-refractivity contribution in [3.05, 3.63) is 28.8 Å². The van der Waals surface area contributed by atoms with Crippen LogP contribution in [-0.2, 0) is 0 Å². The predicted octanol–water partition coefficient (Wildman–Crippen LogP) is 3.55. The third-order valence-corrected chi connectivity index (χ3v) is 1.61. The molecule has 0 bridgehead atoms. The van der Waals surface area contributed by atoms with Crippen LogP contribution in [0.5, 0.6) is 5.75 Å². The molecule has 5 heteroatoms. The van der Waals surface area contributed by atoms with Gasteiger partial charge in [0.1, 0.15) is 5.75 Å². The molecule has 0 aliphatic heterocycles. The molecule has 0 aliphatic carbocycles. The lowest BCUT2D eigenvalue weighted by Gasteiger charge is -2.10. The summed E-state index contributed by atoms with van der Waals surface area (Å²) in [6.07, 6.45) is -4.70. The van der Waals surface area contributed by atoms with Gasteiger partial charge in [0, 0.05) is 0 Å². The Kier molecular flexibility index (Phi) is 2.71. The first-order valence-electron chi connectivity index (χ1n) is 3.40. The molecule has 0 atom stereocenters. The molecule has 0 amide bonds. The molecular formula is C8H6ClF3O. The lowest BCUT2D eigenvalue weighted by molar-refractivity contribution is -0.274. The summed E-state index contributed by atoms with van der Waals surface area (Å²) in [5, 5.41) is -0.0441. The van der Waals surface area contributed by atoms with Crippen LogP contribution >= 0.6 is 11.6 Å². The topological polar surface area (TPSA) is 9.23 Å². The zero-order chi connectivity index (χ0) is 10.1. The van der Waals surface area contributed by atoms with Crippen LogP contribution in [0, 0.1) is 6.92 Å². The Hall–Kier alpha value is -0.900. The first kappa shape index (κ1) is 10.2. The molecule has 0 heterocycles. The SMILES string of the molecule is Cc1ccc(OC(F)(F)F)c(Cl)c1. The minimum Gasteiger partial charge on any atom is -0.404 e. The summed E-state index contributed by atoms with van der Waals surface area (Å²) in [4.78, 5) is 0. The number of halogens is 4. The van der Waals surface area contributed by atoms with E-state index in [1.54, 1.807) is 6.92 Å². The highest BCUT2D eigenvalue weighted by molar-refractivity contribution is 6.32. The van der Waals surface area contributed by atoms with E-state index in [0.717, 1.165) is 5.56 Å². The molecule has 0 saturated carbocycles. The maximum atomic E-state index is 11.7. The molecule has 1 rings (SSSR count). The van der Waals surface area contributed by atoms with Crippen LogP contribution < -0.4 is 4.74 Å². The molecule has 1 aromatic carbocycles. The largest absolute Gasteiger partial charge is 0.573 e. The third kappa shape index (κ3) is 3.14. The van der Waals surface area contributed by atoms with Gasteiger partial charge < -0.3 is 4.74 Å². The van der Waals surface area contributed by atoms with E-state index >= 15 is 0 Å². The fourth-order valence-corrected chi connectivity index (χ4v) is 1.09. The summed E-state index contributed by atoms with van der Waals surface area (Å²) in [6, 6.07) is 4.08. The number of alkyl halides is 3. The molecule has 13 heavy (non-hydrogen) atoms. The van der Waals surface area contributed by atoms with Crippen molar-refractivity contribution in [3.63, 3.8) is 0 Å². The summed E-state index contributed by atoms with van der Waals surface area (Å²) in [7, 11) is 0. The maximum Gasteiger partial charge on any atom is 0.573 e. The van der Waals surface area contributed by atoms with E-state index in [4.69, 9.17) is 11.6 Å². The normalized spacial score (nSPS) is 11.5. The van der Waals surface area contributed by atoms with Crippen molar-refractivity contribution in [3.8, 4) is 5.75 Å². The first-order chi connectivity index (χ1) is 5.88. The summed E-state index contributed by atoms with van der Waals surface area (Å²) >= 11 is 5.51. The molecule has 0 N–H and O–H groups in total. The van der Waals surface area contributed by atoms with E-state index in [2.05, 4.69) is 4.74 Å². The van der Waals surface area contributed by atoms with Crippen molar-refractivity contribution in [1.29, 1.82) is 0 Å². The van der Waals surface area contributed by atoms with Gasteiger partial charge in [-0.05, 0) is 24.6 Å². The Bertz CT molecular complexity index is 309. The van der Waals surface area contributed by atoms with Gasteiger partial charge in [-0.25, -0.2) is 0 Å². The molecule has 0 radical (unpaired) electrons. The van der Waals surface area contributed by atoms with Crippen molar-refractivity contribution in [2.45, 2.75) is 13.3 Å². The zero-order valence-electron chi connectivity index (χ0n) is 6.65. The molecule has 1 aromatic rings. The van der Waals surface area contributed by atoms with Gasteiger partial charge in [-0.3, -0.25) is 0 Å². The Morgan fingerprint density at radius 2 is 1.92 bits per heavy atom. The van der Waals surface area contributed by atoms with Crippen molar-refractivity contribution in [2.24, 2.45) is 0 Å². The Morgan fingerprint density at radius 1 is 1.31 bits per heavy atom. The molecule has 0 saturated heterocycles. The average molecular weight is 211 g/mol. The van der Waals surface area contributed by atoms with Crippen LogP contribution in [0.15, 0.2) is 18.2 Å². The Labute approximate surface area is 78.1 Å². The highest BCUT2D eigenvalue weighted by Crippen LogP contribution is 2.30. The second-order valence-electron chi connectivity index (χ2n) is 2.48. The van der Waals surface area contributed by atoms with Crippen LogP contribution in [0.3, 0.4) is 0 Å². The van der Waals surface area contributed by atoms with E-state index in [9.17, 15) is 13.2 Å². The third-order valence-electron chi connectivity index (χ3n) is 1.31.